The highest BCUT2D eigenvalue weighted by atomic mass is 35.5. The van der Waals surface area contributed by atoms with E-state index in [-0.39, 0.29) is 17.3 Å². The molecule has 2 bridgehead atoms. The van der Waals surface area contributed by atoms with Crippen molar-refractivity contribution in [3.05, 3.63) is 53.3 Å². The predicted molar refractivity (Wildman–Crippen MR) is 157 cm³/mol. The fourth-order valence-corrected chi connectivity index (χ4v) is 7.00. The van der Waals surface area contributed by atoms with Crippen LogP contribution >= 0.6 is 11.6 Å². The number of nitrogens with zero attached hydrogens (tertiary/aromatic N) is 5. The molecule has 0 spiro atoms. The van der Waals surface area contributed by atoms with Gasteiger partial charge in [0, 0.05) is 49.2 Å². The zero-order chi connectivity index (χ0) is 27.4. The van der Waals surface area contributed by atoms with Crippen LogP contribution in [-0.2, 0) is 0 Å². The highest BCUT2D eigenvalue weighted by Gasteiger charge is 2.32. The summed E-state index contributed by atoms with van der Waals surface area (Å²) in [5.74, 6) is 0.367. The second kappa shape index (κ2) is 10.3. The number of aromatic nitrogens is 2. The molecule has 4 fully saturated rings. The van der Waals surface area contributed by atoms with Gasteiger partial charge >= 0.3 is 6.01 Å². The van der Waals surface area contributed by atoms with E-state index in [1.165, 1.54) is 0 Å². The maximum absolute atomic E-state index is 16.7. The maximum atomic E-state index is 16.7. The Labute approximate surface area is 238 Å². The lowest BCUT2D eigenvalue weighted by atomic mass is 9.96. The fraction of sp³-hybridized carbons (Fsp3) is 0.419. The number of aromatic hydroxyl groups is 1. The van der Waals surface area contributed by atoms with Gasteiger partial charge < -0.3 is 24.5 Å². The van der Waals surface area contributed by atoms with Gasteiger partial charge in [-0.05, 0) is 73.8 Å². The summed E-state index contributed by atoms with van der Waals surface area (Å²) in [6.07, 6.45) is 4.29. The Morgan fingerprint density at radius 2 is 1.85 bits per heavy atom. The van der Waals surface area contributed by atoms with E-state index in [0.29, 0.717) is 46.0 Å². The first-order chi connectivity index (χ1) is 19.5. The van der Waals surface area contributed by atoms with Crippen molar-refractivity contribution in [1.82, 2.24) is 19.8 Å². The predicted octanol–water partition coefficient (Wildman–Crippen LogP) is 5.71. The van der Waals surface area contributed by atoms with Crippen LogP contribution < -0.4 is 9.64 Å². The van der Waals surface area contributed by atoms with Gasteiger partial charge in [-0.1, -0.05) is 35.9 Å². The third kappa shape index (κ3) is 4.52. The number of benzene rings is 3. The summed E-state index contributed by atoms with van der Waals surface area (Å²) in [6.45, 7) is 5.41. The van der Waals surface area contributed by atoms with E-state index in [0.717, 1.165) is 69.2 Å². The van der Waals surface area contributed by atoms with Crippen molar-refractivity contribution in [3.63, 3.8) is 0 Å². The number of piperidine rings is 1. The molecular weight excluding hydrogens is 529 g/mol. The summed E-state index contributed by atoms with van der Waals surface area (Å²) >= 11 is 6.89. The summed E-state index contributed by atoms with van der Waals surface area (Å²) in [7, 11) is 2.11. The van der Waals surface area contributed by atoms with E-state index in [2.05, 4.69) is 26.7 Å². The van der Waals surface area contributed by atoms with Gasteiger partial charge in [-0.2, -0.15) is 9.97 Å². The minimum Gasteiger partial charge on any atom is -0.508 e. The quantitative estimate of drug-likeness (QED) is 0.335. The van der Waals surface area contributed by atoms with Crippen molar-refractivity contribution in [2.75, 3.05) is 51.3 Å². The molecule has 4 aliphatic rings. The maximum Gasteiger partial charge on any atom is 0.319 e. The van der Waals surface area contributed by atoms with Gasteiger partial charge in [-0.15, -0.1) is 0 Å². The lowest BCUT2D eigenvalue weighted by Gasteiger charge is -2.33. The van der Waals surface area contributed by atoms with Gasteiger partial charge in [0.1, 0.15) is 23.7 Å². The molecule has 9 heteroatoms. The number of phenols is 1. The van der Waals surface area contributed by atoms with E-state index in [4.69, 9.17) is 21.3 Å². The van der Waals surface area contributed by atoms with Gasteiger partial charge in [-0.3, -0.25) is 0 Å². The smallest absolute Gasteiger partial charge is 0.319 e. The van der Waals surface area contributed by atoms with Crippen molar-refractivity contribution >= 4 is 39.1 Å². The monoisotopic (exact) mass is 561 g/mol. The van der Waals surface area contributed by atoms with Crippen LogP contribution in [-0.4, -0.2) is 83.3 Å². The minimum atomic E-state index is -0.488. The van der Waals surface area contributed by atoms with Crippen LogP contribution in [0.15, 0.2) is 42.5 Å². The van der Waals surface area contributed by atoms with Crippen molar-refractivity contribution in [2.24, 2.45) is 0 Å². The molecule has 0 aliphatic carbocycles. The number of likely N-dealkylation sites (N-methyl/N-ethyl adjacent to an activating group) is 1. The van der Waals surface area contributed by atoms with Crippen molar-refractivity contribution in [1.29, 1.82) is 0 Å². The number of hydrogen-bond donors (Lipinski definition) is 1. The van der Waals surface area contributed by atoms with Gasteiger partial charge in [0.15, 0.2) is 5.82 Å². The van der Waals surface area contributed by atoms with Crippen LogP contribution in [0.25, 0.3) is 32.8 Å². The Morgan fingerprint density at radius 3 is 2.65 bits per heavy atom. The second-order valence-corrected chi connectivity index (χ2v) is 11.7. The van der Waals surface area contributed by atoms with Gasteiger partial charge in [-0.25, -0.2) is 4.39 Å². The zero-order valence-electron chi connectivity index (χ0n) is 22.6. The molecular formula is C31H33ClFN5O2. The number of rotatable bonds is 5. The summed E-state index contributed by atoms with van der Waals surface area (Å²) in [4.78, 5) is 16.7. The number of hydrogen-bond acceptors (Lipinski definition) is 7. The van der Waals surface area contributed by atoms with Gasteiger partial charge in [0.2, 0.25) is 0 Å². The lowest BCUT2D eigenvalue weighted by molar-refractivity contribution is 0.188. The SMILES string of the molecule is CN1CCC[C@H]1COc1nc(N2CCN3CCC2CC3)c2cc(Cl)c(-c3cccc4cc(O)ccc34)c(F)c2n1. The fourth-order valence-electron chi connectivity index (χ4n) is 6.71. The van der Waals surface area contributed by atoms with Crippen LogP contribution in [0.4, 0.5) is 10.2 Å². The Kier molecular flexibility index (Phi) is 6.65. The van der Waals surface area contributed by atoms with Crippen molar-refractivity contribution < 1.29 is 14.2 Å². The van der Waals surface area contributed by atoms with E-state index in [1.54, 1.807) is 18.2 Å². The molecule has 3 aromatic carbocycles. The zero-order valence-corrected chi connectivity index (χ0v) is 23.4. The van der Waals surface area contributed by atoms with E-state index in [1.807, 2.05) is 24.3 Å². The Bertz CT molecular complexity index is 1590. The molecule has 1 atom stereocenters. The number of anilines is 1. The molecule has 208 valence electrons. The van der Waals surface area contributed by atoms with Crippen molar-refractivity contribution in [2.45, 2.75) is 37.8 Å². The Morgan fingerprint density at radius 1 is 1.00 bits per heavy atom. The average molecular weight is 562 g/mol. The molecule has 8 rings (SSSR count). The summed E-state index contributed by atoms with van der Waals surface area (Å²) < 4.78 is 22.9. The van der Waals surface area contributed by atoms with Crippen molar-refractivity contribution in [3.8, 4) is 22.9 Å². The summed E-state index contributed by atoms with van der Waals surface area (Å²) in [5, 5.41) is 12.5. The molecule has 4 saturated heterocycles. The molecule has 5 heterocycles. The number of ether oxygens (including phenoxy) is 1. The van der Waals surface area contributed by atoms with Crippen LogP contribution in [0, 0.1) is 5.82 Å². The largest absolute Gasteiger partial charge is 0.508 e. The first-order valence-electron chi connectivity index (χ1n) is 14.2. The Hall–Kier alpha value is -3.20. The third-order valence-corrected chi connectivity index (χ3v) is 9.28. The van der Waals surface area contributed by atoms with Crippen LogP contribution in [0.3, 0.4) is 0 Å². The Balaban J connectivity index is 1.39. The molecule has 7 nitrogen and oxygen atoms in total. The minimum absolute atomic E-state index is 0.157. The molecule has 0 radical (unpaired) electrons. The lowest BCUT2D eigenvalue weighted by Crippen LogP contribution is -2.38. The first-order valence-corrected chi connectivity index (χ1v) is 14.6. The van der Waals surface area contributed by atoms with Crippen LogP contribution in [0.1, 0.15) is 25.7 Å². The first kappa shape index (κ1) is 25.7. The standard InChI is InChI=1S/C31H33ClFN5O2/c1-36-11-3-5-21(36)18-40-31-34-29-25(30(35-31)38-15-14-37-12-9-20(38)10-13-37)17-26(32)27(28(29)33)24-6-2-4-19-16-22(39)7-8-23(19)24/h2,4,6-8,16-17,20-21,39H,3,5,9-15,18H2,1H3/t21-/m0/s1. The number of phenolic OH excluding ortho intramolecular Hbond substituents is 1. The van der Waals surface area contributed by atoms with Crippen LogP contribution in [0.5, 0.6) is 11.8 Å². The normalized spacial score (nSPS) is 23.3. The molecule has 0 unspecified atom stereocenters. The summed E-state index contributed by atoms with van der Waals surface area (Å²) in [5.41, 5.74) is 1.16. The molecule has 0 saturated carbocycles. The molecule has 1 N–H and O–H groups in total. The second-order valence-electron chi connectivity index (χ2n) is 11.3. The molecule has 4 aliphatic heterocycles. The topological polar surface area (TPSA) is 65.0 Å². The molecule has 0 amide bonds. The highest BCUT2D eigenvalue weighted by molar-refractivity contribution is 6.35. The average Bonchev–Trinajstić information content (AvgIpc) is 3.14. The van der Waals surface area contributed by atoms with E-state index >= 15 is 4.39 Å². The third-order valence-electron chi connectivity index (χ3n) is 8.98. The van der Waals surface area contributed by atoms with Gasteiger partial charge in [0.25, 0.3) is 0 Å². The van der Waals surface area contributed by atoms with E-state index < -0.39 is 5.82 Å². The molecule has 4 aromatic rings. The molecule has 1 aromatic heterocycles. The van der Waals surface area contributed by atoms with E-state index in [9.17, 15) is 5.11 Å². The highest BCUT2D eigenvalue weighted by Crippen LogP contribution is 2.42. The number of halogens is 2. The summed E-state index contributed by atoms with van der Waals surface area (Å²) in [6, 6.07) is 13.3. The van der Waals surface area contributed by atoms with Crippen LogP contribution in [0.2, 0.25) is 5.02 Å². The number of fused-ring (bicyclic) bond motifs is 6. The molecule has 40 heavy (non-hydrogen) atoms. The van der Waals surface area contributed by atoms with Gasteiger partial charge in [0.05, 0.1) is 5.02 Å². The number of likely N-dealkylation sites (tertiary alicyclic amines) is 1.